The first kappa shape index (κ1) is 26.7. The molecule has 6 rings (SSSR count). The number of para-hydroxylation sites is 1. The summed E-state index contributed by atoms with van der Waals surface area (Å²) in [5.41, 5.74) is 1.93. The number of fused-ring (bicyclic) bond motifs is 1. The molecular formula is C29H26FN7O5. The Labute approximate surface area is 238 Å². The normalized spacial score (nSPS) is 13.4. The van der Waals surface area contributed by atoms with E-state index in [9.17, 15) is 14.7 Å². The molecule has 13 heteroatoms. The van der Waals surface area contributed by atoms with Crippen LogP contribution >= 0.6 is 0 Å². The van der Waals surface area contributed by atoms with E-state index in [1.165, 1.54) is 18.4 Å². The zero-order valence-electron chi connectivity index (χ0n) is 22.3. The summed E-state index contributed by atoms with van der Waals surface area (Å²) in [7, 11) is 0. The van der Waals surface area contributed by atoms with E-state index in [0.29, 0.717) is 72.1 Å². The smallest absolute Gasteiger partial charge is 0.270 e. The third kappa shape index (κ3) is 5.70. The number of halogens is 1. The number of amides is 2. The van der Waals surface area contributed by atoms with Gasteiger partial charge in [-0.05, 0) is 24.3 Å². The zero-order chi connectivity index (χ0) is 29.1. The summed E-state index contributed by atoms with van der Waals surface area (Å²) >= 11 is 0. The number of hydrogen-bond donors (Lipinski definition) is 3. The number of carbonyl (C=O) groups is 2. The van der Waals surface area contributed by atoms with Crippen LogP contribution < -0.4 is 15.5 Å². The van der Waals surface area contributed by atoms with E-state index in [1.807, 2.05) is 4.90 Å². The lowest BCUT2D eigenvalue weighted by molar-refractivity contribution is -0.130. The molecule has 0 bridgehead atoms. The van der Waals surface area contributed by atoms with Crippen LogP contribution in [-0.4, -0.2) is 69.8 Å². The van der Waals surface area contributed by atoms with Crippen LogP contribution in [0, 0.1) is 5.82 Å². The Bertz CT molecular complexity index is 1730. The molecule has 1 saturated heterocycles. The highest BCUT2D eigenvalue weighted by Crippen LogP contribution is 2.28. The van der Waals surface area contributed by atoms with Crippen LogP contribution in [0.3, 0.4) is 0 Å². The fraction of sp³-hybridized carbons (Fsp3) is 0.207. The minimum atomic E-state index is -0.514. The number of phenolic OH excluding ortho intramolecular Hbond substituents is 1. The van der Waals surface area contributed by atoms with Crippen LogP contribution in [0.15, 0.2) is 76.0 Å². The molecule has 42 heavy (non-hydrogen) atoms. The van der Waals surface area contributed by atoms with Gasteiger partial charge in [0.2, 0.25) is 5.91 Å². The Morgan fingerprint density at radius 1 is 1.00 bits per heavy atom. The van der Waals surface area contributed by atoms with Gasteiger partial charge in [-0.3, -0.25) is 9.59 Å². The molecule has 5 aromatic rings. The Morgan fingerprint density at radius 3 is 2.64 bits per heavy atom. The molecule has 0 unspecified atom stereocenters. The van der Waals surface area contributed by atoms with E-state index in [2.05, 4.69) is 25.9 Å². The maximum absolute atomic E-state index is 15.1. The van der Waals surface area contributed by atoms with Gasteiger partial charge in [0.15, 0.2) is 11.6 Å². The average Bonchev–Trinajstić information content (AvgIpc) is 3.71. The highest BCUT2D eigenvalue weighted by atomic mass is 19.1. The summed E-state index contributed by atoms with van der Waals surface area (Å²) in [5, 5.41) is 24.1. The van der Waals surface area contributed by atoms with E-state index in [4.69, 9.17) is 9.05 Å². The number of phenols is 1. The van der Waals surface area contributed by atoms with E-state index in [1.54, 1.807) is 53.4 Å². The quantitative estimate of drug-likeness (QED) is 0.253. The molecule has 1 fully saturated rings. The highest BCUT2D eigenvalue weighted by Gasteiger charge is 2.24. The van der Waals surface area contributed by atoms with Gasteiger partial charge in [-0.15, -0.1) is 0 Å². The number of benzene rings is 2. The van der Waals surface area contributed by atoms with Crippen LogP contribution in [0.5, 0.6) is 5.75 Å². The lowest BCUT2D eigenvalue weighted by atomic mass is 10.1. The van der Waals surface area contributed by atoms with Gasteiger partial charge in [-0.25, -0.2) is 9.37 Å². The summed E-state index contributed by atoms with van der Waals surface area (Å²) in [6.07, 6.45) is 1.45. The number of aromatic hydroxyl groups is 1. The Hall–Kier alpha value is -5.46. The summed E-state index contributed by atoms with van der Waals surface area (Å²) in [6, 6.07) is 16.5. The van der Waals surface area contributed by atoms with Crippen LogP contribution in [-0.2, 0) is 11.3 Å². The van der Waals surface area contributed by atoms with Crippen LogP contribution in [0.4, 0.5) is 15.9 Å². The molecule has 2 aromatic carbocycles. The molecular weight excluding hydrogens is 545 g/mol. The van der Waals surface area contributed by atoms with Crippen molar-refractivity contribution in [3.63, 3.8) is 0 Å². The van der Waals surface area contributed by atoms with E-state index >= 15 is 4.39 Å². The van der Waals surface area contributed by atoms with Gasteiger partial charge in [0, 0.05) is 49.3 Å². The summed E-state index contributed by atoms with van der Waals surface area (Å²) in [4.78, 5) is 33.1. The van der Waals surface area contributed by atoms with Crippen molar-refractivity contribution >= 4 is 34.2 Å². The zero-order valence-corrected chi connectivity index (χ0v) is 22.3. The van der Waals surface area contributed by atoms with Crippen LogP contribution in [0.25, 0.3) is 22.2 Å². The van der Waals surface area contributed by atoms with E-state index in [-0.39, 0.29) is 23.9 Å². The second-order valence-corrected chi connectivity index (χ2v) is 9.68. The predicted octanol–water partition coefficient (Wildman–Crippen LogP) is 3.41. The number of aromatic nitrogens is 3. The first-order valence-corrected chi connectivity index (χ1v) is 13.2. The van der Waals surface area contributed by atoms with Crippen molar-refractivity contribution in [3.05, 3.63) is 84.2 Å². The highest BCUT2D eigenvalue weighted by molar-refractivity contribution is 5.97. The molecule has 1 aliphatic rings. The maximum Gasteiger partial charge on any atom is 0.270 e. The number of nitrogens with one attached hydrogen (secondary N) is 2. The second kappa shape index (κ2) is 11.6. The number of nitrogens with zero attached hydrogens (tertiary/aromatic N) is 5. The van der Waals surface area contributed by atoms with Crippen molar-refractivity contribution in [1.29, 1.82) is 0 Å². The fourth-order valence-electron chi connectivity index (χ4n) is 4.75. The van der Waals surface area contributed by atoms with Gasteiger partial charge in [0.1, 0.15) is 34.7 Å². The average molecular weight is 572 g/mol. The van der Waals surface area contributed by atoms with Gasteiger partial charge >= 0.3 is 0 Å². The molecule has 0 saturated carbocycles. The van der Waals surface area contributed by atoms with Gasteiger partial charge in [0.05, 0.1) is 18.8 Å². The number of piperazine rings is 1. The second-order valence-electron chi connectivity index (χ2n) is 9.68. The summed E-state index contributed by atoms with van der Waals surface area (Å²) in [6.45, 7) is 1.77. The SMILES string of the molecule is O=C(NCC(=O)N1CCN(c2ccc(-c3cc(CNc4ccon4)on3)cc2F)CC1)c1ccc2cccc(O)c2n1. The molecule has 3 aromatic heterocycles. The topological polar surface area (TPSA) is 150 Å². The molecule has 1 aliphatic heterocycles. The third-order valence-corrected chi connectivity index (χ3v) is 6.99. The summed E-state index contributed by atoms with van der Waals surface area (Å²) < 4.78 is 25.2. The van der Waals surface area contributed by atoms with Gasteiger partial charge in [-0.1, -0.05) is 34.6 Å². The molecule has 214 valence electrons. The Morgan fingerprint density at radius 2 is 1.86 bits per heavy atom. The molecule has 0 spiro atoms. The van der Waals surface area contributed by atoms with Gasteiger partial charge in [0.25, 0.3) is 5.91 Å². The van der Waals surface area contributed by atoms with Gasteiger partial charge in [-0.2, -0.15) is 0 Å². The molecule has 0 radical (unpaired) electrons. The number of anilines is 2. The molecule has 0 atom stereocenters. The van der Waals surface area contributed by atoms with E-state index < -0.39 is 11.7 Å². The molecule has 3 N–H and O–H groups in total. The largest absolute Gasteiger partial charge is 0.506 e. The lowest BCUT2D eigenvalue weighted by Crippen LogP contribution is -2.51. The number of pyridine rings is 1. The molecule has 2 amide bonds. The Kier molecular flexibility index (Phi) is 7.37. The van der Waals surface area contributed by atoms with Crippen molar-refractivity contribution in [2.75, 3.05) is 42.9 Å². The number of rotatable bonds is 8. The minimum absolute atomic E-state index is 0.0257. The first-order chi connectivity index (χ1) is 20.4. The molecule has 0 aliphatic carbocycles. The van der Waals surface area contributed by atoms with Gasteiger partial charge < -0.3 is 34.6 Å². The first-order valence-electron chi connectivity index (χ1n) is 13.2. The molecule has 4 heterocycles. The number of hydrogen-bond acceptors (Lipinski definition) is 10. The fourth-order valence-corrected chi connectivity index (χ4v) is 4.75. The third-order valence-electron chi connectivity index (χ3n) is 6.99. The van der Waals surface area contributed by atoms with Crippen molar-refractivity contribution in [3.8, 4) is 17.0 Å². The standard InChI is InChI=1S/C29H26FN7O5/c30-21-14-19(23-15-20(42-34-23)16-31-26-8-13-41-35-26)5-7-24(21)36-9-11-37(12-10-36)27(39)17-32-29(40)22-6-4-18-2-1-3-25(38)28(18)33-22/h1-8,13-15,38H,9-12,16-17H2,(H,31,35)(H,32,40). The summed E-state index contributed by atoms with van der Waals surface area (Å²) in [5.74, 6) is -0.0690. The van der Waals surface area contributed by atoms with Crippen molar-refractivity contribution in [1.82, 2.24) is 25.5 Å². The molecule has 12 nitrogen and oxygen atoms in total. The van der Waals surface area contributed by atoms with Crippen molar-refractivity contribution in [2.45, 2.75) is 6.54 Å². The van der Waals surface area contributed by atoms with E-state index in [0.717, 1.165) is 0 Å². The van der Waals surface area contributed by atoms with Crippen LogP contribution in [0.1, 0.15) is 16.2 Å². The lowest BCUT2D eigenvalue weighted by Gasteiger charge is -2.36. The van der Waals surface area contributed by atoms with Crippen LogP contribution in [0.2, 0.25) is 0 Å². The van der Waals surface area contributed by atoms with Crippen molar-refractivity contribution < 1.29 is 28.1 Å². The minimum Gasteiger partial charge on any atom is -0.506 e. The number of carbonyl (C=O) groups excluding carboxylic acids is 2. The Balaban J connectivity index is 1.01. The van der Waals surface area contributed by atoms with Crippen molar-refractivity contribution in [2.24, 2.45) is 0 Å². The monoisotopic (exact) mass is 571 g/mol. The maximum atomic E-state index is 15.1. The predicted molar refractivity (Wildman–Crippen MR) is 150 cm³/mol.